The number of aliphatic hydroxyl groups excluding tert-OH is 1. The van der Waals surface area contributed by atoms with Crippen LogP contribution in [0.2, 0.25) is 0 Å². The number of aliphatic hydroxyl groups is 1. The van der Waals surface area contributed by atoms with Gasteiger partial charge < -0.3 is 10.4 Å². The lowest BCUT2D eigenvalue weighted by molar-refractivity contribution is 0.127. The fourth-order valence-corrected chi connectivity index (χ4v) is 3.71. The molecule has 3 rings (SSSR count). The Morgan fingerprint density at radius 2 is 2.00 bits per heavy atom. The lowest BCUT2D eigenvalue weighted by atomic mass is 9.93. The predicted octanol–water partition coefficient (Wildman–Crippen LogP) is 3.03. The van der Waals surface area contributed by atoms with Crippen molar-refractivity contribution in [1.29, 1.82) is 0 Å². The molecule has 1 aromatic heterocycles. The maximum atomic E-state index is 13.2. The Hall–Kier alpha value is -1.82. The number of hydrogen-bond acceptors (Lipinski definition) is 3. The monoisotopic (exact) mass is 377 g/mol. The smallest absolute Gasteiger partial charge is 0.329 e. The van der Waals surface area contributed by atoms with E-state index in [1.54, 1.807) is 4.57 Å². The first kappa shape index (κ1) is 20.5. The summed E-state index contributed by atoms with van der Waals surface area (Å²) in [5.74, 6) is 0. The van der Waals surface area contributed by atoms with Gasteiger partial charge in [-0.2, -0.15) is 0 Å². The average molecular weight is 378 g/mol. The van der Waals surface area contributed by atoms with Gasteiger partial charge in [0.1, 0.15) is 0 Å². The third-order valence-corrected chi connectivity index (χ3v) is 4.80. The molecule has 1 unspecified atom stereocenters. The molecule has 142 valence electrons. The van der Waals surface area contributed by atoms with Crippen LogP contribution >= 0.6 is 12.4 Å². The van der Waals surface area contributed by atoms with Crippen LogP contribution in [0.25, 0.3) is 11.0 Å². The zero-order valence-electron chi connectivity index (χ0n) is 15.4. The Morgan fingerprint density at radius 3 is 2.62 bits per heavy atom. The Morgan fingerprint density at radius 1 is 1.27 bits per heavy atom. The van der Waals surface area contributed by atoms with Crippen molar-refractivity contribution in [3.8, 4) is 0 Å². The van der Waals surface area contributed by atoms with Crippen LogP contribution < -0.4 is 11.0 Å². The summed E-state index contributed by atoms with van der Waals surface area (Å²) in [4.78, 5) is 13.2. The summed E-state index contributed by atoms with van der Waals surface area (Å²) >= 11 is 0. The molecule has 0 radical (unpaired) electrons. The van der Waals surface area contributed by atoms with Gasteiger partial charge in [0, 0.05) is 13.1 Å². The van der Waals surface area contributed by atoms with E-state index in [-0.39, 0.29) is 24.1 Å². The van der Waals surface area contributed by atoms with Crippen molar-refractivity contribution in [2.24, 2.45) is 0 Å². The van der Waals surface area contributed by atoms with Crippen LogP contribution in [0.15, 0.2) is 52.9 Å². The highest BCUT2D eigenvalue weighted by molar-refractivity contribution is 5.85. The van der Waals surface area contributed by atoms with Crippen LogP contribution in [-0.4, -0.2) is 33.9 Å². The lowest BCUT2D eigenvalue weighted by Crippen LogP contribution is -2.39. The molecule has 2 atom stereocenters. The Kier molecular flexibility index (Phi) is 7.26. The molecule has 26 heavy (non-hydrogen) atoms. The van der Waals surface area contributed by atoms with E-state index in [1.807, 2.05) is 48.0 Å². The highest BCUT2D eigenvalue weighted by Gasteiger charge is 2.29. The van der Waals surface area contributed by atoms with E-state index in [2.05, 4.69) is 18.3 Å². The Labute approximate surface area is 160 Å². The molecule has 0 spiro atoms. The molecule has 0 saturated heterocycles. The summed E-state index contributed by atoms with van der Waals surface area (Å²) < 4.78 is 3.62. The molecule has 1 aromatic carbocycles. The third kappa shape index (κ3) is 3.80. The summed E-state index contributed by atoms with van der Waals surface area (Å²) in [5, 5.41) is 13.9. The van der Waals surface area contributed by atoms with Crippen LogP contribution in [0.5, 0.6) is 0 Å². The van der Waals surface area contributed by atoms with Gasteiger partial charge in [0.25, 0.3) is 0 Å². The van der Waals surface area contributed by atoms with E-state index >= 15 is 0 Å². The molecule has 0 fully saturated rings. The number of halogens is 1. The third-order valence-electron chi connectivity index (χ3n) is 4.80. The van der Waals surface area contributed by atoms with Crippen molar-refractivity contribution in [2.75, 3.05) is 13.6 Å². The predicted molar refractivity (Wildman–Crippen MR) is 109 cm³/mol. The van der Waals surface area contributed by atoms with Gasteiger partial charge in [-0.3, -0.25) is 9.13 Å². The highest BCUT2D eigenvalue weighted by atomic mass is 35.5. The van der Waals surface area contributed by atoms with Crippen LogP contribution in [0.4, 0.5) is 0 Å². The molecule has 1 aliphatic carbocycles. The van der Waals surface area contributed by atoms with E-state index in [1.165, 1.54) is 0 Å². The molecule has 0 amide bonds. The number of nitrogens with zero attached hydrogens (tertiary/aromatic N) is 2. The number of aromatic nitrogens is 2. The van der Waals surface area contributed by atoms with Gasteiger partial charge >= 0.3 is 5.69 Å². The number of hydrogen-bond donors (Lipinski definition) is 2. The van der Waals surface area contributed by atoms with Crippen molar-refractivity contribution >= 4 is 23.4 Å². The number of imidazole rings is 1. The van der Waals surface area contributed by atoms with Crippen molar-refractivity contribution in [2.45, 2.75) is 44.9 Å². The number of para-hydroxylation sites is 2. The van der Waals surface area contributed by atoms with Crippen molar-refractivity contribution in [1.82, 2.24) is 14.5 Å². The molecule has 0 aliphatic heterocycles. The number of nitrogens with one attached hydrogen (secondary N) is 1. The summed E-state index contributed by atoms with van der Waals surface area (Å²) in [5.41, 5.74) is 2.88. The fourth-order valence-electron chi connectivity index (χ4n) is 3.71. The second kappa shape index (κ2) is 9.21. The van der Waals surface area contributed by atoms with E-state index in [4.69, 9.17) is 0 Å². The van der Waals surface area contributed by atoms with Gasteiger partial charge in [-0.15, -0.1) is 12.4 Å². The maximum absolute atomic E-state index is 13.2. The van der Waals surface area contributed by atoms with Crippen molar-refractivity contribution in [3.63, 3.8) is 0 Å². The molecule has 0 bridgehead atoms. The number of allylic oxidation sites excluding steroid dienone is 3. The van der Waals surface area contributed by atoms with Crippen LogP contribution in [0.1, 0.15) is 32.2 Å². The number of benzene rings is 1. The van der Waals surface area contributed by atoms with Crippen LogP contribution in [0, 0.1) is 0 Å². The fraction of sp³-hybridized carbons (Fsp3) is 0.450. The number of fused-ring (bicyclic) bond motifs is 1. The number of rotatable bonds is 7. The summed E-state index contributed by atoms with van der Waals surface area (Å²) in [6.07, 6.45) is 8.22. The first-order chi connectivity index (χ1) is 12.2. The summed E-state index contributed by atoms with van der Waals surface area (Å²) in [6, 6.07) is 7.51. The summed E-state index contributed by atoms with van der Waals surface area (Å²) in [7, 11) is 1.82. The minimum atomic E-state index is -0.665. The SMILES string of the molecule is CCCn1c(=O)n([C@@H](C2=CC=CCC2)C(O)CNC)c2ccccc21.Cl. The summed E-state index contributed by atoms with van der Waals surface area (Å²) in [6.45, 7) is 3.19. The Bertz CT molecular complexity index is 850. The quantitative estimate of drug-likeness (QED) is 0.779. The molecule has 6 heteroatoms. The van der Waals surface area contributed by atoms with Crippen LogP contribution in [-0.2, 0) is 6.54 Å². The van der Waals surface area contributed by atoms with Gasteiger partial charge in [-0.25, -0.2) is 4.79 Å². The van der Waals surface area contributed by atoms with Gasteiger partial charge in [-0.05, 0) is 44.0 Å². The maximum Gasteiger partial charge on any atom is 0.329 e. The molecule has 5 nitrogen and oxygen atoms in total. The van der Waals surface area contributed by atoms with Crippen molar-refractivity contribution < 1.29 is 5.11 Å². The first-order valence-corrected chi connectivity index (χ1v) is 9.07. The van der Waals surface area contributed by atoms with Crippen molar-refractivity contribution in [3.05, 3.63) is 58.6 Å². The lowest BCUT2D eigenvalue weighted by Gasteiger charge is -2.28. The van der Waals surface area contributed by atoms with E-state index < -0.39 is 6.10 Å². The molecule has 0 saturated carbocycles. The minimum Gasteiger partial charge on any atom is -0.389 e. The molecule has 2 aromatic rings. The van der Waals surface area contributed by atoms with E-state index in [9.17, 15) is 9.90 Å². The second-order valence-corrected chi connectivity index (χ2v) is 6.57. The Balaban J connectivity index is 0.00000243. The average Bonchev–Trinajstić information content (AvgIpc) is 2.90. The van der Waals surface area contributed by atoms with E-state index in [0.29, 0.717) is 13.1 Å². The normalized spacial score (nSPS) is 16.2. The molecular weight excluding hydrogens is 350 g/mol. The minimum absolute atomic E-state index is 0. The number of aryl methyl sites for hydroxylation is 1. The van der Waals surface area contributed by atoms with Gasteiger partial charge in [0.15, 0.2) is 0 Å². The molecule has 1 aliphatic rings. The van der Waals surface area contributed by atoms with E-state index in [0.717, 1.165) is 35.9 Å². The first-order valence-electron chi connectivity index (χ1n) is 9.07. The zero-order valence-corrected chi connectivity index (χ0v) is 16.2. The standard InChI is InChI=1S/C20H27N3O2.ClH/c1-3-13-22-16-11-7-8-12-17(16)23(20(22)25)19(18(24)14-21-2)15-9-5-4-6-10-15;/h4-5,7-9,11-12,18-19,21,24H,3,6,10,13-14H2,1-2H3;1H/t18?,19-;/m0./s1. The molecule has 1 heterocycles. The highest BCUT2D eigenvalue weighted by Crippen LogP contribution is 2.30. The largest absolute Gasteiger partial charge is 0.389 e. The number of likely N-dealkylation sites (N-methyl/N-ethyl adjacent to an activating group) is 1. The zero-order chi connectivity index (χ0) is 17.8. The van der Waals surface area contributed by atoms with Gasteiger partial charge in [-0.1, -0.05) is 37.3 Å². The van der Waals surface area contributed by atoms with Gasteiger partial charge in [0.2, 0.25) is 0 Å². The molecular formula is C20H28ClN3O2. The molecule has 2 N–H and O–H groups in total. The second-order valence-electron chi connectivity index (χ2n) is 6.57. The topological polar surface area (TPSA) is 59.2 Å². The van der Waals surface area contributed by atoms with Crippen LogP contribution in [0.3, 0.4) is 0 Å². The van der Waals surface area contributed by atoms with Gasteiger partial charge in [0.05, 0.1) is 23.2 Å².